The van der Waals surface area contributed by atoms with Crippen LogP contribution in [0, 0.1) is 0 Å². The molecule has 0 aliphatic heterocycles. The third kappa shape index (κ3) is 5.22. The lowest BCUT2D eigenvalue weighted by Gasteiger charge is -2.09. The SMILES string of the molecule is C[C@H](N)c1ccc(CCNC(=O)OCc2ccccc2)cc1. The minimum atomic E-state index is -0.393. The first kappa shape index (κ1) is 16.0. The van der Waals surface area contributed by atoms with E-state index in [1.807, 2.05) is 61.5 Å². The van der Waals surface area contributed by atoms with Crippen LogP contribution in [0.5, 0.6) is 0 Å². The molecule has 0 aromatic heterocycles. The van der Waals surface area contributed by atoms with Gasteiger partial charge in [0.25, 0.3) is 0 Å². The van der Waals surface area contributed by atoms with E-state index in [1.54, 1.807) is 0 Å². The Morgan fingerprint density at radius 2 is 1.77 bits per heavy atom. The topological polar surface area (TPSA) is 64.3 Å². The highest BCUT2D eigenvalue weighted by atomic mass is 16.5. The molecule has 0 spiro atoms. The molecule has 0 unspecified atom stereocenters. The van der Waals surface area contributed by atoms with Crippen molar-refractivity contribution in [3.8, 4) is 0 Å². The van der Waals surface area contributed by atoms with Gasteiger partial charge in [-0.05, 0) is 30.0 Å². The molecule has 116 valence electrons. The molecule has 0 heterocycles. The Kier molecular flexibility index (Phi) is 5.98. The number of benzene rings is 2. The van der Waals surface area contributed by atoms with Crippen LogP contribution in [0.25, 0.3) is 0 Å². The van der Waals surface area contributed by atoms with Gasteiger partial charge in [0.1, 0.15) is 6.61 Å². The molecule has 0 aliphatic carbocycles. The van der Waals surface area contributed by atoms with Crippen LogP contribution in [0.15, 0.2) is 54.6 Å². The molecule has 0 bridgehead atoms. The van der Waals surface area contributed by atoms with Crippen LogP contribution in [0.1, 0.15) is 29.7 Å². The van der Waals surface area contributed by atoms with E-state index in [0.29, 0.717) is 6.54 Å². The second-order valence-corrected chi connectivity index (χ2v) is 5.27. The van der Waals surface area contributed by atoms with Crippen LogP contribution in [0.4, 0.5) is 4.79 Å². The molecule has 2 rings (SSSR count). The van der Waals surface area contributed by atoms with Gasteiger partial charge in [-0.15, -0.1) is 0 Å². The van der Waals surface area contributed by atoms with Crippen molar-refractivity contribution in [2.24, 2.45) is 5.73 Å². The fourth-order valence-corrected chi connectivity index (χ4v) is 2.07. The lowest BCUT2D eigenvalue weighted by atomic mass is 10.1. The maximum Gasteiger partial charge on any atom is 0.407 e. The summed E-state index contributed by atoms with van der Waals surface area (Å²) in [7, 11) is 0. The summed E-state index contributed by atoms with van der Waals surface area (Å²) >= 11 is 0. The van der Waals surface area contributed by atoms with Crippen molar-refractivity contribution in [3.05, 3.63) is 71.3 Å². The average Bonchev–Trinajstić information content (AvgIpc) is 2.54. The largest absolute Gasteiger partial charge is 0.445 e. The Balaban J connectivity index is 1.68. The van der Waals surface area contributed by atoms with Crippen LogP contribution in [-0.4, -0.2) is 12.6 Å². The minimum Gasteiger partial charge on any atom is -0.445 e. The molecule has 1 amide bonds. The van der Waals surface area contributed by atoms with Gasteiger partial charge in [-0.2, -0.15) is 0 Å². The minimum absolute atomic E-state index is 0.0418. The highest BCUT2D eigenvalue weighted by Crippen LogP contribution is 2.11. The number of ether oxygens (including phenoxy) is 1. The highest BCUT2D eigenvalue weighted by Gasteiger charge is 2.03. The fourth-order valence-electron chi connectivity index (χ4n) is 2.07. The van der Waals surface area contributed by atoms with E-state index in [9.17, 15) is 4.79 Å². The van der Waals surface area contributed by atoms with Crippen molar-refractivity contribution >= 4 is 6.09 Å². The van der Waals surface area contributed by atoms with Gasteiger partial charge in [0.2, 0.25) is 0 Å². The van der Waals surface area contributed by atoms with Gasteiger partial charge >= 0.3 is 6.09 Å². The van der Waals surface area contributed by atoms with E-state index >= 15 is 0 Å². The standard InChI is InChI=1S/C18H22N2O2/c1-14(19)17-9-7-15(8-10-17)11-12-20-18(21)22-13-16-5-3-2-4-6-16/h2-10,14H,11-13,19H2,1H3,(H,20,21)/t14-/m0/s1. The Labute approximate surface area is 131 Å². The Hall–Kier alpha value is -2.33. The smallest absolute Gasteiger partial charge is 0.407 e. The summed E-state index contributed by atoms with van der Waals surface area (Å²) in [6, 6.07) is 17.8. The van der Waals surface area contributed by atoms with Gasteiger partial charge in [0, 0.05) is 12.6 Å². The van der Waals surface area contributed by atoms with Gasteiger partial charge in [-0.3, -0.25) is 0 Å². The number of rotatable bonds is 6. The molecule has 0 aliphatic rings. The molecule has 3 N–H and O–H groups in total. The number of carbonyl (C=O) groups excluding carboxylic acids is 1. The second-order valence-electron chi connectivity index (χ2n) is 5.27. The van der Waals surface area contributed by atoms with Crippen LogP contribution in [0.3, 0.4) is 0 Å². The molecule has 0 saturated heterocycles. The quantitative estimate of drug-likeness (QED) is 0.861. The molecular formula is C18H22N2O2. The predicted molar refractivity (Wildman–Crippen MR) is 87.4 cm³/mol. The van der Waals surface area contributed by atoms with Crippen molar-refractivity contribution < 1.29 is 9.53 Å². The molecule has 0 radical (unpaired) electrons. The second kappa shape index (κ2) is 8.20. The highest BCUT2D eigenvalue weighted by molar-refractivity contribution is 5.67. The first-order chi connectivity index (χ1) is 10.6. The van der Waals surface area contributed by atoms with E-state index in [2.05, 4.69) is 5.32 Å². The number of amides is 1. The van der Waals surface area contributed by atoms with E-state index in [-0.39, 0.29) is 12.6 Å². The van der Waals surface area contributed by atoms with Gasteiger partial charge in [-0.1, -0.05) is 54.6 Å². The molecule has 4 heteroatoms. The molecule has 2 aromatic rings. The van der Waals surface area contributed by atoms with Crippen LogP contribution in [-0.2, 0) is 17.8 Å². The first-order valence-corrected chi connectivity index (χ1v) is 7.44. The van der Waals surface area contributed by atoms with Crippen LogP contribution < -0.4 is 11.1 Å². The zero-order chi connectivity index (χ0) is 15.8. The lowest BCUT2D eigenvalue weighted by Crippen LogP contribution is -2.26. The number of nitrogens with two attached hydrogens (primary N) is 1. The van der Waals surface area contributed by atoms with Crippen molar-refractivity contribution in [1.29, 1.82) is 0 Å². The molecule has 4 nitrogen and oxygen atoms in total. The van der Waals surface area contributed by atoms with Crippen LogP contribution >= 0.6 is 0 Å². The van der Waals surface area contributed by atoms with Crippen molar-refractivity contribution in [2.45, 2.75) is 26.0 Å². The Morgan fingerprint density at radius 3 is 2.41 bits per heavy atom. The maximum absolute atomic E-state index is 11.6. The molecule has 1 atom stereocenters. The van der Waals surface area contributed by atoms with Gasteiger partial charge in [-0.25, -0.2) is 4.79 Å². The summed E-state index contributed by atoms with van der Waals surface area (Å²) in [5.41, 5.74) is 9.06. The van der Waals surface area contributed by atoms with E-state index in [4.69, 9.17) is 10.5 Å². The number of hydrogen-bond acceptors (Lipinski definition) is 3. The molecule has 2 aromatic carbocycles. The number of hydrogen-bond donors (Lipinski definition) is 2. The average molecular weight is 298 g/mol. The first-order valence-electron chi connectivity index (χ1n) is 7.44. The van der Waals surface area contributed by atoms with Crippen LogP contribution in [0.2, 0.25) is 0 Å². The van der Waals surface area contributed by atoms with Gasteiger partial charge in [0.15, 0.2) is 0 Å². The molecule has 0 fully saturated rings. The lowest BCUT2D eigenvalue weighted by molar-refractivity contribution is 0.140. The monoisotopic (exact) mass is 298 g/mol. The summed E-state index contributed by atoms with van der Waals surface area (Å²) in [5, 5.41) is 2.75. The van der Waals surface area contributed by atoms with Crippen molar-refractivity contribution in [2.75, 3.05) is 6.54 Å². The summed E-state index contributed by atoms with van der Waals surface area (Å²) in [6.07, 6.45) is 0.371. The summed E-state index contributed by atoms with van der Waals surface area (Å²) in [4.78, 5) is 11.6. The predicted octanol–water partition coefficient (Wildman–Crippen LogP) is 3.18. The number of nitrogens with one attached hydrogen (secondary N) is 1. The summed E-state index contributed by atoms with van der Waals surface area (Å²) in [6.45, 7) is 2.79. The normalized spacial score (nSPS) is 11.7. The zero-order valence-electron chi connectivity index (χ0n) is 12.8. The Morgan fingerprint density at radius 1 is 1.09 bits per heavy atom. The van der Waals surface area contributed by atoms with Gasteiger partial charge in [0.05, 0.1) is 0 Å². The molecule has 0 saturated carbocycles. The fraction of sp³-hybridized carbons (Fsp3) is 0.278. The Bertz CT molecular complexity index is 580. The third-order valence-electron chi connectivity index (χ3n) is 3.40. The van der Waals surface area contributed by atoms with Gasteiger partial charge < -0.3 is 15.8 Å². The van der Waals surface area contributed by atoms with Crippen molar-refractivity contribution in [1.82, 2.24) is 5.32 Å². The van der Waals surface area contributed by atoms with E-state index in [0.717, 1.165) is 23.1 Å². The number of carbonyl (C=O) groups is 1. The van der Waals surface area contributed by atoms with E-state index < -0.39 is 6.09 Å². The summed E-state index contributed by atoms with van der Waals surface area (Å²) < 4.78 is 5.15. The summed E-state index contributed by atoms with van der Waals surface area (Å²) in [5.74, 6) is 0. The van der Waals surface area contributed by atoms with E-state index in [1.165, 1.54) is 0 Å². The number of alkyl carbamates (subject to hydrolysis) is 1. The molecular weight excluding hydrogens is 276 g/mol. The maximum atomic E-state index is 11.6. The third-order valence-corrected chi connectivity index (χ3v) is 3.40. The zero-order valence-corrected chi connectivity index (χ0v) is 12.8. The van der Waals surface area contributed by atoms with Crippen molar-refractivity contribution in [3.63, 3.8) is 0 Å². The molecule has 22 heavy (non-hydrogen) atoms.